The highest BCUT2D eigenvalue weighted by molar-refractivity contribution is 5.95. The predicted molar refractivity (Wildman–Crippen MR) is 114 cm³/mol. The number of rotatable bonds is 12. The molecule has 0 atom stereocenters. The molecule has 0 heterocycles. The third kappa shape index (κ3) is 8.90. The number of esters is 2. The highest BCUT2D eigenvalue weighted by atomic mass is 16.5. The topological polar surface area (TPSA) is 52.6 Å². The minimum atomic E-state index is -0.400. The fourth-order valence-electron chi connectivity index (χ4n) is 2.92. The van der Waals surface area contributed by atoms with Crippen molar-refractivity contribution < 1.29 is 19.1 Å². The molecule has 4 heteroatoms. The molecule has 0 saturated heterocycles. The maximum atomic E-state index is 12.4. The first-order valence-corrected chi connectivity index (χ1v) is 10.5. The van der Waals surface area contributed by atoms with Crippen molar-refractivity contribution in [2.24, 2.45) is 10.8 Å². The van der Waals surface area contributed by atoms with Crippen LogP contribution in [0.4, 0.5) is 0 Å². The van der Waals surface area contributed by atoms with Crippen LogP contribution in [-0.2, 0) is 9.47 Å². The van der Waals surface area contributed by atoms with Crippen molar-refractivity contribution in [3.05, 3.63) is 35.4 Å². The molecule has 0 saturated carbocycles. The lowest BCUT2D eigenvalue weighted by Crippen LogP contribution is -2.23. The Balaban J connectivity index is 2.65. The van der Waals surface area contributed by atoms with Gasteiger partial charge in [-0.1, -0.05) is 73.3 Å². The van der Waals surface area contributed by atoms with Gasteiger partial charge in [-0.15, -0.1) is 0 Å². The molecule has 0 bridgehead atoms. The number of hydrogen-bond donors (Lipinski definition) is 0. The first kappa shape index (κ1) is 24.2. The molecule has 0 amide bonds. The Hall–Kier alpha value is -1.84. The predicted octanol–water partition coefficient (Wildman–Crippen LogP) is 6.43. The summed E-state index contributed by atoms with van der Waals surface area (Å²) in [5.74, 6) is -0.801. The smallest absolute Gasteiger partial charge is 0.338 e. The molecule has 0 N–H and O–H groups in total. The van der Waals surface area contributed by atoms with Crippen LogP contribution in [0.25, 0.3) is 0 Å². The van der Waals surface area contributed by atoms with Crippen LogP contribution in [0.5, 0.6) is 0 Å². The highest BCUT2D eigenvalue weighted by Gasteiger charge is 2.22. The quantitative estimate of drug-likeness (QED) is 0.386. The van der Waals surface area contributed by atoms with Crippen molar-refractivity contribution in [1.82, 2.24) is 0 Å². The van der Waals surface area contributed by atoms with E-state index in [1.165, 1.54) is 0 Å². The van der Waals surface area contributed by atoms with E-state index in [0.717, 1.165) is 38.5 Å². The summed E-state index contributed by atoms with van der Waals surface area (Å²) in [5.41, 5.74) is 0.662. The van der Waals surface area contributed by atoms with Crippen LogP contribution in [0.3, 0.4) is 0 Å². The third-order valence-electron chi connectivity index (χ3n) is 4.94. The molecule has 28 heavy (non-hydrogen) atoms. The molecule has 0 fully saturated rings. The summed E-state index contributed by atoms with van der Waals surface area (Å²) in [6.07, 6.45) is 6.49. The molecule has 0 aliphatic carbocycles. The molecule has 0 unspecified atom stereocenters. The largest absolute Gasteiger partial charge is 0.462 e. The van der Waals surface area contributed by atoms with Crippen LogP contribution in [0.2, 0.25) is 0 Å². The summed E-state index contributed by atoms with van der Waals surface area (Å²) in [6, 6.07) is 6.59. The zero-order chi connectivity index (χ0) is 21.2. The average molecular weight is 391 g/mol. The van der Waals surface area contributed by atoms with Gasteiger partial charge in [0.25, 0.3) is 0 Å². The molecule has 0 spiro atoms. The monoisotopic (exact) mass is 390 g/mol. The average Bonchev–Trinajstić information content (AvgIpc) is 2.67. The first-order valence-electron chi connectivity index (χ1n) is 10.5. The Kier molecular flexibility index (Phi) is 9.71. The van der Waals surface area contributed by atoms with Crippen molar-refractivity contribution in [3.8, 4) is 0 Å². The van der Waals surface area contributed by atoms with Gasteiger partial charge in [-0.05, 0) is 41.9 Å². The second kappa shape index (κ2) is 11.2. The number of hydrogen-bond acceptors (Lipinski definition) is 4. The summed E-state index contributed by atoms with van der Waals surface area (Å²) in [5, 5.41) is 0. The normalized spacial score (nSPS) is 11.9. The Morgan fingerprint density at radius 3 is 1.54 bits per heavy atom. The molecule has 4 nitrogen and oxygen atoms in total. The van der Waals surface area contributed by atoms with Crippen molar-refractivity contribution in [1.29, 1.82) is 0 Å². The maximum Gasteiger partial charge on any atom is 0.338 e. The number of unbranched alkanes of at least 4 members (excludes halogenated alkanes) is 2. The van der Waals surface area contributed by atoms with Crippen molar-refractivity contribution in [3.63, 3.8) is 0 Å². The van der Waals surface area contributed by atoms with Gasteiger partial charge in [0.2, 0.25) is 0 Å². The molecule has 158 valence electrons. The summed E-state index contributed by atoms with van der Waals surface area (Å²) in [7, 11) is 0. The Morgan fingerprint density at radius 2 is 1.18 bits per heavy atom. The van der Waals surface area contributed by atoms with E-state index in [-0.39, 0.29) is 10.8 Å². The second-order valence-corrected chi connectivity index (χ2v) is 9.27. The van der Waals surface area contributed by atoms with Gasteiger partial charge >= 0.3 is 11.9 Å². The summed E-state index contributed by atoms with van der Waals surface area (Å²) in [4.78, 5) is 24.8. The zero-order valence-electron chi connectivity index (χ0n) is 18.6. The van der Waals surface area contributed by atoms with Gasteiger partial charge in [0.15, 0.2) is 0 Å². The van der Waals surface area contributed by atoms with Crippen molar-refractivity contribution in [2.45, 2.75) is 80.1 Å². The van der Waals surface area contributed by atoms with E-state index in [2.05, 4.69) is 41.5 Å². The van der Waals surface area contributed by atoms with Crippen molar-refractivity contribution >= 4 is 11.9 Å². The SMILES string of the molecule is CCCCC(C)(C)COC(=O)c1cccc(C(=O)OCC(C)(C)CCCC)c1. The lowest BCUT2D eigenvalue weighted by molar-refractivity contribution is 0.0320. The van der Waals surface area contributed by atoms with Crippen LogP contribution >= 0.6 is 0 Å². The molecule has 1 aromatic carbocycles. The van der Waals surface area contributed by atoms with Crippen LogP contribution in [0, 0.1) is 10.8 Å². The van der Waals surface area contributed by atoms with Gasteiger partial charge in [0.05, 0.1) is 24.3 Å². The molecule has 0 aliphatic rings. The van der Waals surface area contributed by atoms with Gasteiger partial charge < -0.3 is 9.47 Å². The number of carbonyl (C=O) groups excluding carboxylic acids is 2. The van der Waals surface area contributed by atoms with E-state index in [1.807, 2.05) is 0 Å². The fourth-order valence-corrected chi connectivity index (χ4v) is 2.92. The number of carbonyl (C=O) groups is 2. The van der Waals surface area contributed by atoms with E-state index < -0.39 is 11.9 Å². The van der Waals surface area contributed by atoms with Crippen LogP contribution in [0.1, 0.15) is 101 Å². The van der Waals surface area contributed by atoms with Gasteiger partial charge in [0, 0.05) is 0 Å². The maximum absolute atomic E-state index is 12.4. The van der Waals surface area contributed by atoms with E-state index in [0.29, 0.717) is 24.3 Å². The summed E-state index contributed by atoms with van der Waals surface area (Å²) >= 11 is 0. The highest BCUT2D eigenvalue weighted by Crippen LogP contribution is 2.25. The zero-order valence-corrected chi connectivity index (χ0v) is 18.6. The molecule has 0 aliphatic heterocycles. The van der Waals surface area contributed by atoms with Crippen molar-refractivity contribution in [2.75, 3.05) is 13.2 Å². The van der Waals surface area contributed by atoms with Gasteiger partial charge in [-0.2, -0.15) is 0 Å². The number of ether oxygens (including phenoxy) is 2. The lowest BCUT2D eigenvalue weighted by Gasteiger charge is -2.24. The summed E-state index contributed by atoms with van der Waals surface area (Å²) < 4.78 is 11.0. The van der Waals surface area contributed by atoms with Gasteiger partial charge in [0.1, 0.15) is 0 Å². The molecule has 0 aromatic heterocycles. The van der Waals surface area contributed by atoms with Crippen LogP contribution < -0.4 is 0 Å². The molecule has 0 radical (unpaired) electrons. The van der Waals surface area contributed by atoms with E-state index in [9.17, 15) is 9.59 Å². The standard InChI is InChI=1S/C24H38O4/c1-7-9-14-23(3,4)17-27-21(25)19-12-11-13-20(16-19)22(26)28-18-24(5,6)15-10-8-2/h11-13,16H,7-10,14-15,17-18H2,1-6H3. The number of benzene rings is 1. The van der Waals surface area contributed by atoms with E-state index in [1.54, 1.807) is 24.3 Å². The van der Waals surface area contributed by atoms with E-state index >= 15 is 0 Å². The third-order valence-corrected chi connectivity index (χ3v) is 4.94. The summed E-state index contributed by atoms with van der Waals surface area (Å²) in [6.45, 7) is 13.4. The Bertz CT molecular complexity index is 580. The van der Waals surface area contributed by atoms with Gasteiger partial charge in [-0.25, -0.2) is 9.59 Å². The minimum absolute atomic E-state index is 0.0493. The Labute approximate surface area is 171 Å². The van der Waals surface area contributed by atoms with Crippen LogP contribution in [-0.4, -0.2) is 25.2 Å². The molecule has 1 aromatic rings. The fraction of sp³-hybridized carbons (Fsp3) is 0.667. The van der Waals surface area contributed by atoms with E-state index in [4.69, 9.17) is 9.47 Å². The molecular weight excluding hydrogens is 352 g/mol. The molecular formula is C24H38O4. The van der Waals surface area contributed by atoms with Crippen LogP contribution in [0.15, 0.2) is 24.3 Å². The molecule has 1 rings (SSSR count). The minimum Gasteiger partial charge on any atom is -0.462 e. The van der Waals surface area contributed by atoms with Gasteiger partial charge in [-0.3, -0.25) is 0 Å². The second-order valence-electron chi connectivity index (χ2n) is 9.27. The Morgan fingerprint density at radius 1 is 0.786 bits per heavy atom. The lowest BCUT2D eigenvalue weighted by atomic mass is 9.88. The first-order chi connectivity index (χ1) is 13.1.